The molecule has 1 heterocycles. The molecule has 1 aliphatic carbocycles. The Balaban J connectivity index is 1.51. The molecule has 4 rings (SSSR count). The number of nitrogens with one attached hydrogen (secondary N) is 1. The average molecular weight is 489 g/mol. The Hall–Kier alpha value is -2.49. The minimum absolute atomic E-state index is 0.00150. The Morgan fingerprint density at radius 2 is 1.97 bits per heavy atom. The lowest BCUT2D eigenvalue weighted by Crippen LogP contribution is -2.28. The Morgan fingerprint density at radius 3 is 2.67 bits per heavy atom. The lowest BCUT2D eigenvalue weighted by Gasteiger charge is -2.18. The highest BCUT2D eigenvalue weighted by molar-refractivity contribution is 9.10. The summed E-state index contributed by atoms with van der Waals surface area (Å²) in [5.74, 6) is -0.280. The number of sulfonamides is 1. The summed E-state index contributed by atoms with van der Waals surface area (Å²) in [6, 6.07) is 14.2. The zero-order chi connectivity index (χ0) is 21.3. The highest BCUT2D eigenvalue weighted by Gasteiger charge is 2.29. The predicted octanol–water partition coefficient (Wildman–Crippen LogP) is 3.35. The molecule has 1 aromatic heterocycles. The van der Waals surface area contributed by atoms with E-state index in [0.29, 0.717) is 16.6 Å². The van der Waals surface area contributed by atoms with Crippen LogP contribution in [0.4, 0.5) is 0 Å². The highest BCUT2D eigenvalue weighted by atomic mass is 79.9. The van der Waals surface area contributed by atoms with Crippen LogP contribution in [0.3, 0.4) is 0 Å². The first-order chi connectivity index (χ1) is 14.3. The topological polar surface area (TPSA) is 84.3 Å². The molecule has 1 fully saturated rings. The van der Waals surface area contributed by atoms with E-state index >= 15 is 0 Å². The maximum absolute atomic E-state index is 13.0. The van der Waals surface area contributed by atoms with Gasteiger partial charge in [0.2, 0.25) is 10.0 Å². The maximum Gasteiger partial charge on any atom is 0.255 e. The lowest BCUT2D eigenvalue weighted by atomic mass is 10.2. The molecule has 2 aromatic carbocycles. The van der Waals surface area contributed by atoms with Crippen molar-refractivity contribution in [1.82, 2.24) is 19.4 Å². The molecule has 7 nitrogen and oxygen atoms in total. The van der Waals surface area contributed by atoms with Gasteiger partial charge in [0.15, 0.2) is 0 Å². The molecule has 0 bridgehead atoms. The van der Waals surface area contributed by atoms with Crippen LogP contribution in [-0.2, 0) is 16.6 Å². The van der Waals surface area contributed by atoms with Gasteiger partial charge in [0.05, 0.1) is 22.3 Å². The van der Waals surface area contributed by atoms with Crippen molar-refractivity contribution in [3.63, 3.8) is 0 Å². The summed E-state index contributed by atoms with van der Waals surface area (Å²) in [6.45, 7) is 0.343. The molecular formula is C21H21BrN4O3S. The van der Waals surface area contributed by atoms with E-state index in [1.807, 2.05) is 36.5 Å². The van der Waals surface area contributed by atoms with Crippen molar-refractivity contribution < 1.29 is 13.2 Å². The average Bonchev–Trinajstić information content (AvgIpc) is 3.41. The van der Waals surface area contributed by atoms with Gasteiger partial charge in [-0.2, -0.15) is 5.10 Å². The monoisotopic (exact) mass is 488 g/mol. The summed E-state index contributed by atoms with van der Waals surface area (Å²) in [5, 5.41) is 4.35. The SMILES string of the molecule is CN(Cc1cnn(-c2ccccc2)c1)C(=O)c1cc(S(=O)(=O)NC2CC2)ccc1Br. The van der Waals surface area contributed by atoms with E-state index < -0.39 is 10.0 Å². The lowest BCUT2D eigenvalue weighted by molar-refractivity contribution is 0.0784. The highest BCUT2D eigenvalue weighted by Crippen LogP contribution is 2.26. The van der Waals surface area contributed by atoms with Gasteiger partial charge in [0, 0.05) is 35.9 Å². The second-order valence-corrected chi connectivity index (χ2v) is 9.90. The number of carbonyl (C=O) groups excluding carboxylic acids is 1. The van der Waals surface area contributed by atoms with Crippen molar-refractivity contribution in [3.8, 4) is 5.69 Å². The standard InChI is InChI=1S/C21H21BrN4O3S/c1-25(13-15-12-23-26(14-15)17-5-3-2-4-6-17)21(27)19-11-18(9-10-20(19)22)30(28,29)24-16-7-8-16/h2-6,9-12,14,16,24H,7-8,13H2,1H3. The summed E-state index contributed by atoms with van der Waals surface area (Å²) < 4.78 is 29.9. The van der Waals surface area contributed by atoms with Crippen LogP contribution in [0.1, 0.15) is 28.8 Å². The van der Waals surface area contributed by atoms with Crippen molar-refractivity contribution in [2.45, 2.75) is 30.3 Å². The van der Waals surface area contributed by atoms with Crippen molar-refractivity contribution in [3.05, 3.63) is 76.5 Å². The van der Waals surface area contributed by atoms with Crippen LogP contribution in [0, 0.1) is 0 Å². The van der Waals surface area contributed by atoms with Gasteiger partial charge in [-0.1, -0.05) is 18.2 Å². The largest absolute Gasteiger partial charge is 0.337 e. The zero-order valence-corrected chi connectivity index (χ0v) is 18.7. The molecule has 0 spiro atoms. The molecule has 156 valence electrons. The van der Waals surface area contributed by atoms with Crippen LogP contribution in [-0.4, -0.2) is 42.1 Å². The van der Waals surface area contributed by atoms with Crippen LogP contribution in [0.2, 0.25) is 0 Å². The molecule has 0 atom stereocenters. The third-order valence-electron chi connectivity index (χ3n) is 4.80. The van der Waals surface area contributed by atoms with E-state index in [9.17, 15) is 13.2 Å². The second kappa shape index (κ2) is 8.33. The van der Waals surface area contributed by atoms with Gasteiger partial charge in [-0.05, 0) is 59.1 Å². The van der Waals surface area contributed by atoms with Gasteiger partial charge >= 0.3 is 0 Å². The number of carbonyl (C=O) groups is 1. The molecule has 30 heavy (non-hydrogen) atoms. The van der Waals surface area contributed by atoms with Gasteiger partial charge in [0.1, 0.15) is 0 Å². The fourth-order valence-electron chi connectivity index (χ4n) is 3.04. The molecule has 0 saturated heterocycles. The Labute approximate surface area is 183 Å². The number of benzene rings is 2. The number of para-hydroxylation sites is 1. The summed E-state index contributed by atoms with van der Waals surface area (Å²) in [5.41, 5.74) is 2.10. The van der Waals surface area contributed by atoms with Crippen LogP contribution in [0.15, 0.2) is 70.3 Å². The molecule has 1 saturated carbocycles. The first-order valence-corrected chi connectivity index (χ1v) is 11.8. The van der Waals surface area contributed by atoms with Crippen LogP contribution < -0.4 is 4.72 Å². The minimum atomic E-state index is -3.64. The Bertz CT molecular complexity index is 1170. The number of aromatic nitrogens is 2. The van der Waals surface area contributed by atoms with E-state index in [0.717, 1.165) is 24.1 Å². The van der Waals surface area contributed by atoms with Gasteiger partial charge in [0.25, 0.3) is 5.91 Å². The number of halogens is 1. The van der Waals surface area contributed by atoms with Crippen molar-refractivity contribution in [1.29, 1.82) is 0 Å². The van der Waals surface area contributed by atoms with E-state index in [1.54, 1.807) is 24.0 Å². The summed E-state index contributed by atoms with van der Waals surface area (Å²) in [4.78, 5) is 14.6. The van der Waals surface area contributed by atoms with Gasteiger partial charge < -0.3 is 4.90 Å². The zero-order valence-electron chi connectivity index (χ0n) is 16.3. The number of hydrogen-bond acceptors (Lipinski definition) is 4. The molecule has 9 heteroatoms. The van der Waals surface area contributed by atoms with E-state index in [1.165, 1.54) is 17.0 Å². The van der Waals surface area contributed by atoms with Gasteiger partial charge in [-0.25, -0.2) is 17.8 Å². The van der Waals surface area contributed by atoms with Gasteiger partial charge in [-0.15, -0.1) is 0 Å². The third kappa shape index (κ3) is 4.63. The Kier molecular flexibility index (Phi) is 5.77. The smallest absolute Gasteiger partial charge is 0.255 e. The molecule has 0 radical (unpaired) electrons. The molecular weight excluding hydrogens is 468 g/mol. The summed E-state index contributed by atoms with van der Waals surface area (Å²) >= 11 is 3.37. The quantitative estimate of drug-likeness (QED) is 0.552. The first kappa shape index (κ1) is 20.8. The predicted molar refractivity (Wildman–Crippen MR) is 117 cm³/mol. The number of hydrogen-bond donors (Lipinski definition) is 1. The summed E-state index contributed by atoms with van der Waals surface area (Å²) in [7, 11) is -1.96. The minimum Gasteiger partial charge on any atom is -0.337 e. The van der Waals surface area contributed by atoms with Crippen molar-refractivity contribution >= 4 is 31.9 Å². The molecule has 3 aromatic rings. The van der Waals surface area contributed by atoms with Crippen molar-refractivity contribution in [2.75, 3.05) is 7.05 Å². The number of amides is 1. The van der Waals surface area contributed by atoms with Gasteiger partial charge in [-0.3, -0.25) is 4.79 Å². The van der Waals surface area contributed by atoms with Crippen LogP contribution in [0.25, 0.3) is 5.69 Å². The van der Waals surface area contributed by atoms with Crippen LogP contribution in [0.5, 0.6) is 0 Å². The van der Waals surface area contributed by atoms with Crippen molar-refractivity contribution in [2.24, 2.45) is 0 Å². The molecule has 1 aliphatic rings. The molecule has 0 aliphatic heterocycles. The molecule has 1 amide bonds. The fourth-order valence-corrected chi connectivity index (χ4v) is 4.79. The normalized spacial score (nSPS) is 13.9. The molecule has 1 N–H and O–H groups in total. The Morgan fingerprint density at radius 1 is 1.23 bits per heavy atom. The second-order valence-electron chi connectivity index (χ2n) is 7.33. The third-order valence-corrected chi connectivity index (χ3v) is 7.01. The number of nitrogens with zero attached hydrogens (tertiary/aromatic N) is 3. The summed E-state index contributed by atoms with van der Waals surface area (Å²) in [6.07, 6.45) is 5.28. The van der Waals surface area contributed by atoms with E-state index in [2.05, 4.69) is 25.8 Å². The maximum atomic E-state index is 13.0. The van der Waals surface area contributed by atoms with E-state index in [-0.39, 0.29) is 16.8 Å². The molecule has 0 unspecified atom stereocenters. The van der Waals surface area contributed by atoms with E-state index in [4.69, 9.17) is 0 Å². The number of rotatable bonds is 7. The van der Waals surface area contributed by atoms with Crippen LogP contribution >= 0.6 is 15.9 Å². The first-order valence-electron chi connectivity index (χ1n) is 9.50. The fraction of sp³-hybridized carbons (Fsp3) is 0.238.